The van der Waals surface area contributed by atoms with Crippen molar-refractivity contribution >= 4 is 17.5 Å². The summed E-state index contributed by atoms with van der Waals surface area (Å²) in [7, 11) is 0. The first-order valence-corrected chi connectivity index (χ1v) is 6.73. The first-order chi connectivity index (χ1) is 8.58. The van der Waals surface area contributed by atoms with Crippen molar-refractivity contribution in [1.82, 2.24) is 10.6 Å². The Morgan fingerprint density at radius 2 is 2.28 bits per heavy atom. The van der Waals surface area contributed by atoms with Crippen molar-refractivity contribution in [3.8, 4) is 0 Å². The van der Waals surface area contributed by atoms with Gasteiger partial charge in [0, 0.05) is 23.2 Å². The highest BCUT2D eigenvalue weighted by Gasteiger charge is 2.23. The smallest absolute Gasteiger partial charge is 0.251 e. The van der Waals surface area contributed by atoms with E-state index in [0.717, 1.165) is 25.1 Å². The van der Waals surface area contributed by atoms with Gasteiger partial charge in [-0.25, -0.2) is 0 Å². The van der Waals surface area contributed by atoms with E-state index < -0.39 is 0 Å². The van der Waals surface area contributed by atoms with E-state index in [1.54, 1.807) is 6.07 Å². The molecule has 3 nitrogen and oxygen atoms in total. The van der Waals surface area contributed by atoms with Crippen LogP contribution in [-0.2, 0) is 0 Å². The minimum atomic E-state index is -0.0440. The van der Waals surface area contributed by atoms with Gasteiger partial charge in [-0.2, -0.15) is 0 Å². The van der Waals surface area contributed by atoms with Gasteiger partial charge in [-0.3, -0.25) is 4.79 Å². The minimum Gasteiger partial charge on any atom is -0.348 e. The number of carbonyl (C=O) groups is 1. The Bertz CT molecular complexity index is 447. The third kappa shape index (κ3) is 3.03. The molecule has 1 aliphatic heterocycles. The molecular weight excluding hydrogens is 248 g/mol. The normalized spacial score (nSPS) is 23.7. The third-order valence-electron chi connectivity index (χ3n) is 3.58. The molecule has 18 heavy (non-hydrogen) atoms. The number of nitrogens with one attached hydrogen (secondary N) is 2. The highest BCUT2D eigenvalue weighted by Crippen LogP contribution is 2.17. The second kappa shape index (κ2) is 5.72. The topological polar surface area (TPSA) is 41.1 Å². The Kier molecular flexibility index (Phi) is 4.25. The highest BCUT2D eigenvalue weighted by molar-refractivity contribution is 6.31. The van der Waals surface area contributed by atoms with Crippen molar-refractivity contribution in [2.45, 2.75) is 26.3 Å². The fourth-order valence-corrected chi connectivity index (χ4v) is 2.35. The van der Waals surface area contributed by atoms with E-state index in [1.807, 2.05) is 19.1 Å². The van der Waals surface area contributed by atoms with Crippen LogP contribution in [0.15, 0.2) is 18.2 Å². The lowest BCUT2D eigenvalue weighted by molar-refractivity contribution is 0.0915. The molecule has 4 heteroatoms. The predicted molar refractivity (Wildman–Crippen MR) is 74.1 cm³/mol. The molecule has 2 N–H and O–H groups in total. The van der Waals surface area contributed by atoms with Gasteiger partial charge < -0.3 is 10.6 Å². The molecule has 0 aromatic heterocycles. The standard InChI is InChI=1S/C14H19ClN2O/c1-9-3-4-11(7-12(9)15)14(18)17-13-8-16-6-5-10(13)2/h3-4,7,10,13,16H,5-6,8H2,1-2H3,(H,17,18). The van der Waals surface area contributed by atoms with Crippen LogP contribution in [0.5, 0.6) is 0 Å². The lowest BCUT2D eigenvalue weighted by Crippen LogP contribution is -2.50. The zero-order chi connectivity index (χ0) is 13.1. The maximum absolute atomic E-state index is 12.1. The molecule has 1 fully saturated rings. The largest absolute Gasteiger partial charge is 0.348 e. The van der Waals surface area contributed by atoms with E-state index in [2.05, 4.69) is 17.6 Å². The summed E-state index contributed by atoms with van der Waals surface area (Å²) < 4.78 is 0. The van der Waals surface area contributed by atoms with E-state index in [4.69, 9.17) is 11.6 Å². The number of halogens is 1. The number of aryl methyl sites for hydroxylation is 1. The van der Waals surface area contributed by atoms with Crippen molar-refractivity contribution in [3.05, 3.63) is 34.3 Å². The average Bonchev–Trinajstić information content (AvgIpc) is 2.35. The first-order valence-electron chi connectivity index (χ1n) is 6.35. The van der Waals surface area contributed by atoms with E-state index >= 15 is 0 Å². The van der Waals surface area contributed by atoms with Crippen LogP contribution in [0, 0.1) is 12.8 Å². The van der Waals surface area contributed by atoms with Gasteiger partial charge in [0.25, 0.3) is 5.91 Å². The van der Waals surface area contributed by atoms with Gasteiger partial charge in [-0.15, -0.1) is 0 Å². The number of amides is 1. The molecule has 98 valence electrons. The Morgan fingerprint density at radius 1 is 1.50 bits per heavy atom. The fraction of sp³-hybridized carbons (Fsp3) is 0.500. The van der Waals surface area contributed by atoms with Gasteiger partial charge in [-0.05, 0) is 43.5 Å². The zero-order valence-corrected chi connectivity index (χ0v) is 11.6. The summed E-state index contributed by atoms with van der Waals surface area (Å²) in [4.78, 5) is 12.1. The summed E-state index contributed by atoms with van der Waals surface area (Å²) in [5.41, 5.74) is 1.62. The minimum absolute atomic E-state index is 0.0440. The summed E-state index contributed by atoms with van der Waals surface area (Å²) in [6.45, 7) is 5.97. The number of carbonyl (C=O) groups excluding carboxylic acids is 1. The lowest BCUT2D eigenvalue weighted by atomic mass is 9.94. The zero-order valence-electron chi connectivity index (χ0n) is 10.8. The lowest BCUT2D eigenvalue weighted by Gasteiger charge is -2.30. The molecule has 1 aliphatic rings. The summed E-state index contributed by atoms with van der Waals surface area (Å²) in [6, 6.07) is 5.62. The van der Waals surface area contributed by atoms with Crippen LogP contribution in [0.25, 0.3) is 0 Å². The van der Waals surface area contributed by atoms with Crippen LogP contribution in [0.3, 0.4) is 0 Å². The Hall–Kier alpha value is -1.06. The summed E-state index contributed by atoms with van der Waals surface area (Å²) >= 11 is 6.04. The van der Waals surface area contributed by atoms with Gasteiger partial charge in [0.2, 0.25) is 0 Å². The van der Waals surface area contributed by atoms with Crippen molar-refractivity contribution in [3.63, 3.8) is 0 Å². The van der Waals surface area contributed by atoms with Crippen LogP contribution in [0.1, 0.15) is 29.3 Å². The monoisotopic (exact) mass is 266 g/mol. The second-order valence-corrected chi connectivity index (χ2v) is 5.42. The Labute approximate surface area is 113 Å². The van der Waals surface area contributed by atoms with Crippen molar-refractivity contribution in [2.24, 2.45) is 5.92 Å². The summed E-state index contributed by atoms with van der Waals surface area (Å²) in [5, 5.41) is 7.01. The van der Waals surface area contributed by atoms with Gasteiger partial charge in [0.05, 0.1) is 0 Å². The van der Waals surface area contributed by atoms with E-state index in [-0.39, 0.29) is 11.9 Å². The molecule has 1 amide bonds. The summed E-state index contributed by atoms with van der Waals surface area (Å²) in [5.74, 6) is 0.466. The van der Waals surface area contributed by atoms with Crippen molar-refractivity contribution in [2.75, 3.05) is 13.1 Å². The molecule has 2 rings (SSSR count). The van der Waals surface area contributed by atoms with E-state index in [9.17, 15) is 4.79 Å². The molecule has 1 aromatic carbocycles. The quantitative estimate of drug-likeness (QED) is 0.863. The third-order valence-corrected chi connectivity index (χ3v) is 3.99. The maximum Gasteiger partial charge on any atom is 0.251 e. The number of hydrogen-bond donors (Lipinski definition) is 2. The van der Waals surface area contributed by atoms with Crippen LogP contribution in [0.4, 0.5) is 0 Å². The molecule has 1 saturated heterocycles. The summed E-state index contributed by atoms with van der Waals surface area (Å²) in [6.07, 6.45) is 1.10. The first kappa shape index (κ1) is 13.4. The van der Waals surface area contributed by atoms with Crippen molar-refractivity contribution < 1.29 is 4.79 Å². The number of rotatable bonds is 2. The predicted octanol–water partition coefficient (Wildman–Crippen LogP) is 2.38. The molecule has 0 saturated carbocycles. The molecule has 1 aromatic rings. The van der Waals surface area contributed by atoms with Crippen LogP contribution >= 0.6 is 11.6 Å². The molecule has 0 aliphatic carbocycles. The fourth-order valence-electron chi connectivity index (χ4n) is 2.17. The average molecular weight is 267 g/mol. The number of benzene rings is 1. The van der Waals surface area contributed by atoms with Gasteiger partial charge in [-0.1, -0.05) is 24.6 Å². The Morgan fingerprint density at radius 3 is 2.94 bits per heavy atom. The van der Waals surface area contributed by atoms with Gasteiger partial charge in [0.15, 0.2) is 0 Å². The molecule has 2 unspecified atom stereocenters. The Balaban J connectivity index is 2.04. The molecular formula is C14H19ClN2O. The number of piperidine rings is 1. The van der Waals surface area contributed by atoms with E-state index in [0.29, 0.717) is 16.5 Å². The van der Waals surface area contributed by atoms with Gasteiger partial charge >= 0.3 is 0 Å². The van der Waals surface area contributed by atoms with Crippen LogP contribution in [0.2, 0.25) is 5.02 Å². The maximum atomic E-state index is 12.1. The molecule has 0 bridgehead atoms. The van der Waals surface area contributed by atoms with Crippen LogP contribution < -0.4 is 10.6 Å². The highest BCUT2D eigenvalue weighted by atomic mass is 35.5. The van der Waals surface area contributed by atoms with Gasteiger partial charge in [0.1, 0.15) is 0 Å². The SMILES string of the molecule is Cc1ccc(C(=O)NC2CNCCC2C)cc1Cl. The molecule has 2 atom stereocenters. The van der Waals surface area contributed by atoms with Crippen molar-refractivity contribution in [1.29, 1.82) is 0 Å². The molecule has 0 spiro atoms. The molecule has 0 radical (unpaired) electrons. The van der Waals surface area contributed by atoms with Crippen LogP contribution in [-0.4, -0.2) is 25.0 Å². The molecule has 1 heterocycles. The van der Waals surface area contributed by atoms with E-state index in [1.165, 1.54) is 0 Å². The number of hydrogen-bond acceptors (Lipinski definition) is 2. The second-order valence-electron chi connectivity index (χ2n) is 5.01.